The highest BCUT2D eigenvalue weighted by Crippen LogP contribution is 2.36. The molecule has 1 aliphatic carbocycles. The van der Waals surface area contributed by atoms with E-state index in [4.69, 9.17) is 0 Å². The van der Waals surface area contributed by atoms with Crippen LogP contribution in [-0.4, -0.2) is 60.0 Å². The van der Waals surface area contributed by atoms with Crippen molar-refractivity contribution in [3.8, 4) is 0 Å². The number of amides is 1. The predicted molar refractivity (Wildman–Crippen MR) is 110 cm³/mol. The van der Waals surface area contributed by atoms with Crippen molar-refractivity contribution in [2.45, 2.75) is 44.7 Å². The van der Waals surface area contributed by atoms with E-state index in [9.17, 15) is 4.79 Å². The summed E-state index contributed by atoms with van der Waals surface area (Å²) < 4.78 is 0. The van der Waals surface area contributed by atoms with Crippen molar-refractivity contribution in [3.63, 3.8) is 0 Å². The number of anilines is 2. The Morgan fingerprint density at radius 2 is 1.74 bits per heavy atom. The summed E-state index contributed by atoms with van der Waals surface area (Å²) in [4.78, 5) is 29.0. The van der Waals surface area contributed by atoms with Gasteiger partial charge in [-0.05, 0) is 49.6 Å². The molecule has 0 radical (unpaired) electrons. The molecule has 1 saturated carbocycles. The van der Waals surface area contributed by atoms with Crippen LogP contribution in [0.5, 0.6) is 0 Å². The third-order valence-electron chi connectivity index (χ3n) is 5.39. The average molecular weight is 386 g/mol. The molecule has 2 fully saturated rings. The maximum Gasteiger partial charge on any atom is 0.263 e. The van der Waals surface area contributed by atoms with Crippen molar-refractivity contribution in [1.29, 1.82) is 0 Å². The summed E-state index contributed by atoms with van der Waals surface area (Å²) in [5.74, 6) is 2.14. The molecule has 144 valence electrons. The van der Waals surface area contributed by atoms with Gasteiger partial charge in [-0.15, -0.1) is 11.3 Å². The lowest BCUT2D eigenvalue weighted by Crippen LogP contribution is -2.48. The number of aromatic nitrogens is 2. The number of carbonyl (C=O) groups is 1. The third kappa shape index (κ3) is 3.93. The van der Waals surface area contributed by atoms with Crippen LogP contribution in [0.1, 0.15) is 40.9 Å². The number of rotatable bonds is 5. The normalized spacial score (nSPS) is 17.8. The zero-order valence-electron chi connectivity index (χ0n) is 16.3. The minimum Gasteiger partial charge on any atom is -0.363 e. The molecule has 1 aliphatic heterocycles. The molecule has 0 spiro atoms. The fourth-order valence-electron chi connectivity index (χ4n) is 3.79. The smallest absolute Gasteiger partial charge is 0.263 e. The molecule has 6 nitrogen and oxygen atoms in total. The van der Waals surface area contributed by atoms with E-state index >= 15 is 0 Å². The number of likely N-dealkylation sites (tertiary alicyclic amines) is 1. The number of hydrogen-bond donors (Lipinski definition) is 0. The summed E-state index contributed by atoms with van der Waals surface area (Å²) in [5, 5.41) is 2.05. The Bertz CT molecular complexity index is 808. The molecule has 0 aromatic carbocycles. The second-order valence-electron chi connectivity index (χ2n) is 7.78. The van der Waals surface area contributed by atoms with Gasteiger partial charge >= 0.3 is 0 Å². The molecule has 27 heavy (non-hydrogen) atoms. The summed E-state index contributed by atoms with van der Waals surface area (Å²) in [6, 6.07) is 5.11. The number of thiophene rings is 1. The van der Waals surface area contributed by atoms with Crippen LogP contribution in [0.2, 0.25) is 0 Å². The molecule has 0 atom stereocenters. The van der Waals surface area contributed by atoms with E-state index in [1.165, 1.54) is 18.4 Å². The van der Waals surface area contributed by atoms with E-state index in [1.54, 1.807) is 17.7 Å². The molecule has 2 aromatic rings. The molecule has 0 N–H and O–H groups in total. The van der Waals surface area contributed by atoms with Gasteiger partial charge in [-0.3, -0.25) is 4.79 Å². The minimum atomic E-state index is 0.182. The van der Waals surface area contributed by atoms with Crippen LogP contribution in [0.25, 0.3) is 0 Å². The quantitative estimate of drug-likeness (QED) is 0.791. The molecule has 2 aliphatic rings. The number of aryl methyl sites for hydroxylation is 1. The highest BCUT2D eigenvalue weighted by atomic mass is 32.1. The Morgan fingerprint density at radius 1 is 1.07 bits per heavy atom. The minimum absolute atomic E-state index is 0.182. The van der Waals surface area contributed by atoms with Gasteiger partial charge in [0.1, 0.15) is 18.0 Å². The Morgan fingerprint density at radius 3 is 2.33 bits per heavy atom. The Kier molecular flexibility index (Phi) is 5.04. The van der Waals surface area contributed by atoms with Crippen LogP contribution >= 0.6 is 11.3 Å². The number of carbonyl (C=O) groups excluding carboxylic acids is 1. The van der Waals surface area contributed by atoms with Crippen molar-refractivity contribution >= 4 is 28.9 Å². The van der Waals surface area contributed by atoms with Gasteiger partial charge in [0.15, 0.2) is 0 Å². The number of piperidine rings is 1. The first kappa shape index (κ1) is 18.2. The molecule has 2 aromatic heterocycles. The van der Waals surface area contributed by atoms with Crippen molar-refractivity contribution in [2.24, 2.45) is 0 Å². The van der Waals surface area contributed by atoms with Gasteiger partial charge in [0.25, 0.3) is 5.91 Å². The van der Waals surface area contributed by atoms with Gasteiger partial charge in [0, 0.05) is 45.3 Å². The molecular weight excluding hydrogens is 358 g/mol. The van der Waals surface area contributed by atoms with Crippen molar-refractivity contribution < 1.29 is 4.79 Å². The van der Waals surface area contributed by atoms with Crippen molar-refractivity contribution in [2.75, 3.05) is 37.0 Å². The maximum atomic E-state index is 12.7. The summed E-state index contributed by atoms with van der Waals surface area (Å²) in [7, 11) is 4.01. The molecular formula is C20H27N5OS. The van der Waals surface area contributed by atoms with Crippen molar-refractivity contribution in [1.82, 2.24) is 14.9 Å². The zero-order valence-corrected chi connectivity index (χ0v) is 17.1. The molecule has 1 amide bonds. The van der Waals surface area contributed by atoms with Crippen LogP contribution in [0.15, 0.2) is 23.8 Å². The second kappa shape index (κ2) is 7.46. The van der Waals surface area contributed by atoms with E-state index in [2.05, 4.69) is 20.9 Å². The van der Waals surface area contributed by atoms with Gasteiger partial charge in [-0.1, -0.05) is 0 Å². The van der Waals surface area contributed by atoms with Crippen LogP contribution in [-0.2, 0) is 0 Å². The van der Waals surface area contributed by atoms with Gasteiger partial charge in [-0.25, -0.2) is 9.97 Å². The zero-order chi connectivity index (χ0) is 19.0. The fraction of sp³-hybridized carbons (Fsp3) is 0.550. The fourth-order valence-corrected chi connectivity index (χ4v) is 4.66. The lowest BCUT2D eigenvalue weighted by molar-refractivity contribution is 0.0716. The maximum absolute atomic E-state index is 12.7. The molecule has 7 heteroatoms. The Hall–Kier alpha value is -2.15. The molecule has 3 heterocycles. The average Bonchev–Trinajstić information content (AvgIpc) is 3.41. The highest BCUT2D eigenvalue weighted by molar-refractivity contribution is 7.12. The van der Waals surface area contributed by atoms with Crippen LogP contribution in [0.4, 0.5) is 11.6 Å². The molecule has 0 bridgehead atoms. The topological polar surface area (TPSA) is 52.6 Å². The van der Waals surface area contributed by atoms with Gasteiger partial charge in [0.05, 0.1) is 4.88 Å². The van der Waals surface area contributed by atoms with E-state index < -0.39 is 0 Å². The first-order chi connectivity index (χ1) is 13.0. The monoisotopic (exact) mass is 385 g/mol. The van der Waals surface area contributed by atoms with Gasteiger partial charge in [0.2, 0.25) is 0 Å². The largest absolute Gasteiger partial charge is 0.363 e. The Balaban J connectivity index is 1.45. The molecule has 4 rings (SSSR count). The first-order valence-corrected chi connectivity index (χ1v) is 10.5. The first-order valence-electron chi connectivity index (χ1n) is 9.65. The summed E-state index contributed by atoms with van der Waals surface area (Å²) in [6.07, 6.45) is 6.11. The van der Waals surface area contributed by atoms with Crippen molar-refractivity contribution in [3.05, 3.63) is 34.3 Å². The summed E-state index contributed by atoms with van der Waals surface area (Å²) in [6.45, 7) is 3.67. The number of hydrogen-bond acceptors (Lipinski definition) is 6. The van der Waals surface area contributed by atoms with Crippen LogP contribution in [0.3, 0.4) is 0 Å². The second-order valence-corrected chi connectivity index (χ2v) is 8.69. The van der Waals surface area contributed by atoms with E-state index in [0.29, 0.717) is 12.1 Å². The van der Waals surface area contributed by atoms with E-state index in [1.807, 2.05) is 42.3 Å². The van der Waals surface area contributed by atoms with E-state index in [-0.39, 0.29) is 5.91 Å². The molecule has 1 saturated heterocycles. The van der Waals surface area contributed by atoms with E-state index in [0.717, 1.165) is 42.4 Å². The van der Waals surface area contributed by atoms with Gasteiger partial charge < -0.3 is 14.7 Å². The lowest BCUT2D eigenvalue weighted by atomic mass is 10.0. The predicted octanol–water partition coefficient (Wildman–Crippen LogP) is 3.19. The Labute approximate surface area is 164 Å². The van der Waals surface area contributed by atoms with Crippen LogP contribution in [0, 0.1) is 6.92 Å². The lowest BCUT2D eigenvalue weighted by Gasteiger charge is -2.39. The standard InChI is InChI=1S/C20H27N5OS/c1-14-10-17(27-12-14)20(26)24-8-6-16(7-9-24)25(15-4-5-15)19-11-18(23(2)3)21-13-22-19/h10-13,15-16H,4-9H2,1-3H3. The van der Waals surface area contributed by atoms with Crippen LogP contribution < -0.4 is 9.80 Å². The van der Waals surface area contributed by atoms with Gasteiger partial charge in [-0.2, -0.15) is 0 Å². The third-order valence-corrected chi connectivity index (χ3v) is 6.42. The SMILES string of the molecule is Cc1csc(C(=O)N2CCC(N(c3cc(N(C)C)ncn3)C3CC3)CC2)c1. The molecule has 0 unspecified atom stereocenters. The summed E-state index contributed by atoms with van der Waals surface area (Å²) in [5.41, 5.74) is 1.17. The number of nitrogens with zero attached hydrogens (tertiary/aromatic N) is 5. The highest BCUT2D eigenvalue weighted by Gasteiger charge is 2.37. The summed E-state index contributed by atoms with van der Waals surface area (Å²) >= 11 is 1.55.